The van der Waals surface area contributed by atoms with E-state index in [1.807, 2.05) is 69.3 Å². The summed E-state index contributed by atoms with van der Waals surface area (Å²) in [5.41, 5.74) is 1.59. The Balaban J connectivity index is 2.11. The molecule has 1 atom stereocenters. The van der Waals surface area contributed by atoms with Crippen LogP contribution in [0.2, 0.25) is 5.02 Å². The lowest BCUT2D eigenvalue weighted by molar-refractivity contribution is -0.139. The first-order chi connectivity index (χ1) is 14.1. The molecule has 2 rings (SSSR count). The minimum atomic E-state index is -0.586. The standard InChI is InChI=1S/C23H28BrClN2O2S/c1-16(22(29)26-23(2,3)4)27(13-17-8-7-10-19(24)12-17)21(28)15-30-14-18-9-5-6-11-20(18)25/h5-12,16H,13-15H2,1-4H3,(H,26,29). The molecule has 0 heterocycles. The first-order valence-electron chi connectivity index (χ1n) is 9.74. The first kappa shape index (κ1) is 24.8. The number of halogens is 2. The molecule has 0 spiro atoms. The Morgan fingerprint density at radius 1 is 1.17 bits per heavy atom. The second-order valence-corrected chi connectivity index (χ2v) is 10.5. The molecule has 0 fully saturated rings. The van der Waals surface area contributed by atoms with E-state index in [9.17, 15) is 9.59 Å². The van der Waals surface area contributed by atoms with Gasteiger partial charge in [-0.25, -0.2) is 0 Å². The van der Waals surface area contributed by atoms with Crippen molar-refractivity contribution in [1.29, 1.82) is 0 Å². The third-order valence-corrected chi connectivity index (χ3v) is 6.18. The van der Waals surface area contributed by atoms with Gasteiger partial charge in [-0.3, -0.25) is 9.59 Å². The molecule has 162 valence electrons. The number of hydrogen-bond acceptors (Lipinski definition) is 3. The smallest absolute Gasteiger partial charge is 0.242 e. The van der Waals surface area contributed by atoms with Gasteiger partial charge < -0.3 is 10.2 Å². The van der Waals surface area contributed by atoms with Gasteiger partial charge in [0.25, 0.3) is 0 Å². The maximum absolute atomic E-state index is 13.1. The summed E-state index contributed by atoms with van der Waals surface area (Å²) in [6, 6.07) is 14.8. The minimum absolute atomic E-state index is 0.0800. The Morgan fingerprint density at radius 2 is 1.87 bits per heavy atom. The van der Waals surface area contributed by atoms with Crippen molar-refractivity contribution in [2.75, 3.05) is 5.75 Å². The second-order valence-electron chi connectivity index (χ2n) is 8.15. The van der Waals surface area contributed by atoms with Gasteiger partial charge in [0, 0.05) is 27.3 Å². The molecule has 2 aromatic rings. The average molecular weight is 512 g/mol. The fourth-order valence-corrected chi connectivity index (χ4v) is 4.48. The van der Waals surface area contributed by atoms with Gasteiger partial charge in [0.2, 0.25) is 11.8 Å². The van der Waals surface area contributed by atoms with Crippen molar-refractivity contribution in [3.8, 4) is 0 Å². The van der Waals surface area contributed by atoms with Crippen LogP contribution in [-0.2, 0) is 21.9 Å². The predicted octanol–water partition coefficient (Wildman–Crippen LogP) is 5.67. The van der Waals surface area contributed by atoms with Gasteiger partial charge in [0.05, 0.1) is 5.75 Å². The SMILES string of the molecule is CC(C(=O)NC(C)(C)C)N(Cc1cccc(Br)c1)C(=O)CSCc1ccccc1Cl. The van der Waals surface area contributed by atoms with Crippen LogP contribution in [0.15, 0.2) is 53.0 Å². The molecule has 2 amide bonds. The van der Waals surface area contributed by atoms with Crippen LogP contribution >= 0.6 is 39.3 Å². The molecule has 1 unspecified atom stereocenters. The molecule has 0 saturated heterocycles. The molecule has 0 aliphatic rings. The summed E-state index contributed by atoms with van der Waals surface area (Å²) in [5, 5.41) is 3.67. The zero-order valence-electron chi connectivity index (χ0n) is 17.7. The molecule has 2 aromatic carbocycles. The maximum atomic E-state index is 13.1. The third kappa shape index (κ3) is 7.97. The quantitative estimate of drug-likeness (QED) is 0.497. The number of nitrogens with zero attached hydrogens (tertiary/aromatic N) is 1. The lowest BCUT2D eigenvalue weighted by Crippen LogP contribution is -2.52. The second kappa shape index (κ2) is 11.2. The lowest BCUT2D eigenvalue weighted by atomic mass is 10.1. The fraction of sp³-hybridized carbons (Fsp3) is 0.391. The highest BCUT2D eigenvalue weighted by atomic mass is 79.9. The van der Waals surface area contributed by atoms with E-state index in [4.69, 9.17) is 11.6 Å². The van der Waals surface area contributed by atoms with Crippen LogP contribution in [0.1, 0.15) is 38.8 Å². The molecule has 0 aliphatic heterocycles. The van der Waals surface area contributed by atoms with Crippen LogP contribution in [0, 0.1) is 0 Å². The summed E-state index contributed by atoms with van der Waals surface area (Å²) in [6.07, 6.45) is 0. The van der Waals surface area contributed by atoms with Gasteiger partial charge in [-0.05, 0) is 57.0 Å². The molecular formula is C23H28BrClN2O2S. The monoisotopic (exact) mass is 510 g/mol. The summed E-state index contributed by atoms with van der Waals surface area (Å²) in [6.45, 7) is 7.92. The number of benzene rings is 2. The highest BCUT2D eigenvalue weighted by molar-refractivity contribution is 9.10. The topological polar surface area (TPSA) is 49.4 Å². The summed E-state index contributed by atoms with van der Waals surface area (Å²) in [4.78, 5) is 27.5. The van der Waals surface area contributed by atoms with E-state index in [1.165, 1.54) is 11.8 Å². The summed E-state index contributed by atoms with van der Waals surface area (Å²) in [7, 11) is 0. The van der Waals surface area contributed by atoms with E-state index in [0.29, 0.717) is 17.3 Å². The van der Waals surface area contributed by atoms with Crippen molar-refractivity contribution in [1.82, 2.24) is 10.2 Å². The van der Waals surface area contributed by atoms with Crippen molar-refractivity contribution in [3.63, 3.8) is 0 Å². The molecule has 30 heavy (non-hydrogen) atoms. The van der Waals surface area contributed by atoms with Gasteiger partial charge in [-0.15, -0.1) is 11.8 Å². The number of amides is 2. The number of thioether (sulfide) groups is 1. The van der Waals surface area contributed by atoms with E-state index in [2.05, 4.69) is 21.2 Å². The van der Waals surface area contributed by atoms with Gasteiger partial charge in [-0.2, -0.15) is 0 Å². The van der Waals surface area contributed by atoms with Crippen molar-refractivity contribution in [2.24, 2.45) is 0 Å². The van der Waals surface area contributed by atoms with Crippen molar-refractivity contribution >= 4 is 51.1 Å². The number of carbonyl (C=O) groups excluding carboxylic acids is 2. The van der Waals surface area contributed by atoms with Crippen LogP contribution in [0.3, 0.4) is 0 Å². The van der Waals surface area contributed by atoms with E-state index < -0.39 is 6.04 Å². The molecule has 0 radical (unpaired) electrons. The zero-order chi connectivity index (χ0) is 22.3. The van der Waals surface area contributed by atoms with Gasteiger partial charge in [-0.1, -0.05) is 57.9 Å². The van der Waals surface area contributed by atoms with Gasteiger partial charge in [0.1, 0.15) is 6.04 Å². The Kier molecular flexibility index (Phi) is 9.26. The molecule has 7 heteroatoms. The first-order valence-corrected chi connectivity index (χ1v) is 12.1. The van der Waals surface area contributed by atoms with Crippen LogP contribution in [0.5, 0.6) is 0 Å². The molecule has 0 aliphatic carbocycles. The van der Waals surface area contributed by atoms with E-state index in [1.54, 1.807) is 11.8 Å². The van der Waals surface area contributed by atoms with E-state index in [0.717, 1.165) is 15.6 Å². The lowest BCUT2D eigenvalue weighted by Gasteiger charge is -2.31. The summed E-state index contributed by atoms with van der Waals surface area (Å²) >= 11 is 11.2. The van der Waals surface area contributed by atoms with E-state index in [-0.39, 0.29) is 23.1 Å². The third-order valence-electron chi connectivity index (χ3n) is 4.35. The number of hydrogen-bond donors (Lipinski definition) is 1. The van der Waals surface area contributed by atoms with E-state index >= 15 is 0 Å². The van der Waals surface area contributed by atoms with Crippen molar-refractivity contribution in [3.05, 3.63) is 69.2 Å². The Labute approximate surface area is 196 Å². The summed E-state index contributed by atoms with van der Waals surface area (Å²) < 4.78 is 0.937. The molecule has 0 saturated carbocycles. The highest BCUT2D eigenvalue weighted by Gasteiger charge is 2.28. The molecule has 1 N–H and O–H groups in total. The molecule has 4 nitrogen and oxygen atoms in total. The number of nitrogens with one attached hydrogen (secondary N) is 1. The molecule has 0 bridgehead atoms. The van der Waals surface area contributed by atoms with Crippen molar-refractivity contribution < 1.29 is 9.59 Å². The zero-order valence-corrected chi connectivity index (χ0v) is 20.9. The van der Waals surface area contributed by atoms with Gasteiger partial charge in [0.15, 0.2) is 0 Å². The maximum Gasteiger partial charge on any atom is 0.242 e. The van der Waals surface area contributed by atoms with Gasteiger partial charge >= 0.3 is 0 Å². The van der Waals surface area contributed by atoms with Crippen LogP contribution in [0.4, 0.5) is 0 Å². The van der Waals surface area contributed by atoms with Crippen LogP contribution in [0.25, 0.3) is 0 Å². The minimum Gasteiger partial charge on any atom is -0.350 e. The Hall–Kier alpha value is -1.50. The Bertz CT molecular complexity index is 886. The molecule has 0 aromatic heterocycles. The average Bonchev–Trinajstić information content (AvgIpc) is 2.65. The fourth-order valence-electron chi connectivity index (χ4n) is 2.84. The largest absolute Gasteiger partial charge is 0.350 e. The number of rotatable bonds is 8. The number of carbonyl (C=O) groups is 2. The predicted molar refractivity (Wildman–Crippen MR) is 130 cm³/mol. The van der Waals surface area contributed by atoms with Crippen LogP contribution in [-0.4, -0.2) is 34.0 Å². The van der Waals surface area contributed by atoms with Crippen molar-refractivity contribution in [2.45, 2.75) is 51.6 Å². The highest BCUT2D eigenvalue weighted by Crippen LogP contribution is 2.22. The summed E-state index contributed by atoms with van der Waals surface area (Å²) in [5.74, 6) is 0.663. The normalized spacial score (nSPS) is 12.3. The Morgan fingerprint density at radius 3 is 2.50 bits per heavy atom. The van der Waals surface area contributed by atoms with Crippen LogP contribution < -0.4 is 5.32 Å². The molecular weight excluding hydrogens is 484 g/mol.